The van der Waals surface area contributed by atoms with Gasteiger partial charge in [0.2, 0.25) is 0 Å². The largest absolute Gasteiger partial charge is 0.368 e. The van der Waals surface area contributed by atoms with Gasteiger partial charge in [-0.3, -0.25) is 9.11 Å². The smallest absolute Gasteiger partial charge is 0.269 e. The van der Waals surface area contributed by atoms with Crippen LogP contribution < -0.4 is 8.61 Å². The Morgan fingerprint density at radius 1 is 0.750 bits per heavy atom. The van der Waals surface area contributed by atoms with Crippen molar-refractivity contribution in [1.82, 2.24) is 0 Å². The van der Waals surface area contributed by atoms with E-state index in [0.717, 1.165) is 24.3 Å². The lowest BCUT2D eigenvalue weighted by atomic mass is 10.3. The fraction of sp³-hybridized carbons (Fsp3) is 0. The van der Waals surface area contributed by atoms with Gasteiger partial charge in [-0.15, -0.1) is 0 Å². The maximum absolute atomic E-state index is 12.5. The van der Waals surface area contributed by atoms with Crippen molar-refractivity contribution < 1.29 is 30.7 Å². The number of nitrogens with zero attached hydrogens (tertiary/aromatic N) is 2. The van der Waals surface area contributed by atoms with Crippen LogP contribution >= 0.6 is 0 Å². The number of rotatable bonds is 4. The average Bonchev–Trinajstić information content (AvgIpc) is 2.46. The second-order valence-electron chi connectivity index (χ2n) is 4.28. The first kappa shape index (κ1) is 17.9. The van der Waals surface area contributed by atoms with Gasteiger partial charge in [-0.2, -0.15) is 25.4 Å². The first-order valence-corrected chi connectivity index (χ1v) is 8.93. The summed E-state index contributed by atoms with van der Waals surface area (Å²) in [4.78, 5) is 12.5. The molecular weight excluding hydrogens is 360 g/mol. The standard InChI is InChI=1S/C13H10N2O7S2/c16-13(14(23(17,18)19)11-7-3-1-4-8-11)15(24(20,21)22)12-9-5-2-6-10-12/h3-10H,(H,17,18,19)(H,20,21,22). The molecule has 2 amide bonds. The van der Waals surface area contributed by atoms with E-state index in [0.29, 0.717) is 0 Å². The van der Waals surface area contributed by atoms with E-state index in [2.05, 4.69) is 12.1 Å². The Morgan fingerprint density at radius 3 is 1.29 bits per heavy atom. The highest BCUT2D eigenvalue weighted by molar-refractivity contribution is 7.90. The highest BCUT2D eigenvalue weighted by Crippen LogP contribution is 2.24. The van der Waals surface area contributed by atoms with Gasteiger partial charge in [0.15, 0.2) is 0 Å². The van der Waals surface area contributed by atoms with Crippen LogP contribution in [-0.4, -0.2) is 32.0 Å². The number of carbonyl (C=O) groups is 1. The van der Waals surface area contributed by atoms with Crippen LogP contribution in [0.4, 0.5) is 16.2 Å². The van der Waals surface area contributed by atoms with Crippen molar-refractivity contribution in [2.75, 3.05) is 8.61 Å². The molecule has 0 heterocycles. The van der Waals surface area contributed by atoms with E-state index >= 15 is 0 Å². The van der Waals surface area contributed by atoms with Gasteiger partial charge in [0.05, 0.1) is 11.4 Å². The van der Waals surface area contributed by atoms with Crippen LogP contribution in [0.3, 0.4) is 0 Å². The van der Waals surface area contributed by atoms with Crippen LogP contribution in [0.1, 0.15) is 0 Å². The Morgan fingerprint density at radius 2 is 1.04 bits per heavy atom. The van der Waals surface area contributed by atoms with Crippen molar-refractivity contribution in [1.29, 1.82) is 0 Å². The maximum atomic E-state index is 12.5. The molecule has 2 aromatic carbocycles. The molecule has 0 aliphatic carbocycles. The molecule has 2 N–H and O–H groups in total. The van der Waals surface area contributed by atoms with Gasteiger partial charge in [0.25, 0.3) is 0 Å². The number of hydrogen-bond acceptors (Lipinski definition) is 5. The van der Waals surface area contributed by atoms with Gasteiger partial charge < -0.3 is 0 Å². The molecule has 0 saturated carbocycles. The van der Waals surface area contributed by atoms with Crippen molar-refractivity contribution in [2.45, 2.75) is 0 Å². The summed E-state index contributed by atoms with van der Waals surface area (Å²) < 4.78 is 64.6. The van der Waals surface area contributed by atoms with Crippen LogP contribution in [0.5, 0.6) is 0 Å². The molecule has 24 heavy (non-hydrogen) atoms. The van der Waals surface area contributed by atoms with E-state index in [4.69, 9.17) is 0 Å². The quantitative estimate of drug-likeness (QED) is 0.776. The third-order valence-corrected chi connectivity index (χ3v) is 4.34. The third-order valence-electron chi connectivity index (χ3n) is 2.68. The Hall–Kier alpha value is -2.47. The Labute approximate surface area is 138 Å². The van der Waals surface area contributed by atoms with Crippen molar-refractivity contribution in [3.8, 4) is 0 Å². The molecule has 0 saturated heterocycles. The number of anilines is 2. The molecule has 2 aromatic rings. The molecule has 0 aliphatic heterocycles. The number of benzene rings is 2. The molecular formula is C13H10N2O7S2. The Bertz CT molecular complexity index is 851. The minimum Gasteiger partial charge on any atom is -0.269 e. The second-order valence-corrected chi connectivity index (χ2v) is 6.81. The van der Waals surface area contributed by atoms with Crippen LogP contribution in [0.15, 0.2) is 48.5 Å². The first-order valence-electron chi connectivity index (χ1n) is 6.14. The number of hydrogen-bond donors (Lipinski definition) is 2. The summed E-state index contributed by atoms with van der Waals surface area (Å²) in [6, 6.07) is 12.8. The van der Waals surface area contributed by atoms with Gasteiger partial charge in [-0.25, -0.2) is 4.79 Å². The normalized spacial score (nSPS) is 11.8. The molecule has 0 aliphatic rings. The van der Waals surface area contributed by atoms with Crippen LogP contribution in [0.2, 0.25) is 0 Å². The number of amides is 2. The summed E-state index contributed by atoms with van der Waals surface area (Å²) in [5.74, 6) is 0. The van der Waals surface area contributed by atoms with Gasteiger partial charge in [0.1, 0.15) is 0 Å². The van der Waals surface area contributed by atoms with E-state index in [1.165, 1.54) is 24.3 Å². The molecule has 126 valence electrons. The molecule has 2 radical (unpaired) electrons. The van der Waals surface area contributed by atoms with Gasteiger partial charge in [-0.1, -0.05) is 24.3 Å². The van der Waals surface area contributed by atoms with E-state index in [1.807, 2.05) is 0 Å². The summed E-state index contributed by atoms with van der Waals surface area (Å²) in [5.41, 5.74) is -0.699. The van der Waals surface area contributed by atoms with Crippen molar-refractivity contribution in [3.05, 3.63) is 60.7 Å². The highest BCUT2D eigenvalue weighted by Gasteiger charge is 2.38. The van der Waals surface area contributed by atoms with Crippen molar-refractivity contribution >= 4 is 38.0 Å². The molecule has 0 bridgehead atoms. The minimum absolute atomic E-state index is 0.175. The lowest BCUT2D eigenvalue weighted by Gasteiger charge is -2.25. The van der Waals surface area contributed by atoms with E-state index < -0.39 is 26.6 Å². The number of carbonyl (C=O) groups excluding carboxylic acids is 1. The van der Waals surface area contributed by atoms with Crippen LogP contribution in [-0.2, 0) is 20.6 Å². The summed E-state index contributed by atoms with van der Waals surface area (Å²) in [7, 11) is -10.4. The minimum atomic E-state index is -5.19. The predicted octanol–water partition coefficient (Wildman–Crippen LogP) is 1.33. The zero-order chi connectivity index (χ0) is 18.0. The SMILES string of the molecule is O=C(N(c1cc[c]cc1)S(=O)(=O)O)N(c1cc[c]cc1)S(=O)(=O)O. The van der Waals surface area contributed by atoms with Gasteiger partial charge >= 0.3 is 26.6 Å². The molecule has 11 heteroatoms. The van der Waals surface area contributed by atoms with Crippen molar-refractivity contribution in [3.63, 3.8) is 0 Å². The zero-order valence-electron chi connectivity index (χ0n) is 11.8. The van der Waals surface area contributed by atoms with Crippen molar-refractivity contribution in [2.24, 2.45) is 0 Å². The summed E-state index contributed by atoms with van der Waals surface area (Å²) in [6.07, 6.45) is 0. The molecule has 0 fully saturated rings. The molecule has 0 unspecified atom stereocenters. The monoisotopic (exact) mass is 370 g/mol. The van der Waals surface area contributed by atoms with E-state index in [1.54, 1.807) is 0 Å². The van der Waals surface area contributed by atoms with Crippen LogP contribution in [0.25, 0.3) is 0 Å². The lowest BCUT2D eigenvalue weighted by Crippen LogP contribution is -2.48. The Balaban J connectivity index is 2.63. The average molecular weight is 370 g/mol. The van der Waals surface area contributed by atoms with E-state index in [9.17, 15) is 30.7 Å². The topological polar surface area (TPSA) is 132 Å². The maximum Gasteiger partial charge on any atom is 0.368 e. The fourth-order valence-electron chi connectivity index (χ4n) is 1.79. The summed E-state index contributed by atoms with van der Waals surface area (Å²) in [6.45, 7) is 0. The van der Waals surface area contributed by atoms with Gasteiger partial charge in [-0.05, 0) is 36.4 Å². The molecule has 0 atom stereocenters. The number of urea groups is 1. The second kappa shape index (κ2) is 6.57. The first-order chi connectivity index (χ1) is 11.1. The predicted molar refractivity (Wildman–Crippen MR) is 84.0 cm³/mol. The molecule has 0 aromatic heterocycles. The zero-order valence-corrected chi connectivity index (χ0v) is 13.4. The fourth-order valence-corrected chi connectivity index (χ4v) is 3.18. The molecule has 9 nitrogen and oxygen atoms in total. The van der Waals surface area contributed by atoms with Crippen LogP contribution in [0, 0.1) is 12.1 Å². The van der Waals surface area contributed by atoms with E-state index in [-0.39, 0.29) is 20.0 Å². The molecule has 2 rings (SSSR count). The third kappa shape index (κ3) is 3.89. The lowest BCUT2D eigenvalue weighted by molar-refractivity contribution is 0.256. The van der Waals surface area contributed by atoms with Gasteiger partial charge in [0, 0.05) is 0 Å². The highest BCUT2D eigenvalue weighted by atomic mass is 32.2. The Kier molecular flexibility index (Phi) is 4.89. The summed E-state index contributed by atoms with van der Waals surface area (Å²) >= 11 is 0. The molecule has 0 spiro atoms. The summed E-state index contributed by atoms with van der Waals surface area (Å²) in [5, 5.41) is 0.